The van der Waals surface area contributed by atoms with Crippen molar-refractivity contribution in [2.24, 2.45) is 0 Å². The molecule has 0 radical (unpaired) electrons. The summed E-state index contributed by atoms with van der Waals surface area (Å²) in [6, 6.07) is 3.84. The Bertz CT molecular complexity index is 509. The lowest BCUT2D eigenvalue weighted by Crippen LogP contribution is -2.09. The van der Waals surface area contributed by atoms with Crippen molar-refractivity contribution in [3.05, 3.63) is 47.2 Å². The second-order valence-corrected chi connectivity index (χ2v) is 4.74. The van der Waals surface area contributed by atoms with E-state index in [9.17, 15) is 13.6 Å². The number of carbonyl (C=O) groups is 1. The maximum atomic E-state index is 13.2. The zero-order chi connectivity index (χ0) is 13.3. The number of allylic oxidation sites excluding steroid dienone is 1. The third-order valence-corrected chi connectivity index (χ3v) is 3.10. The summed E-state index contributed by atoms with van der Waals surface area (Å²) < 4.78 is 26.1. The van der Waals surface area contributed by atoms with E-state index in [0.29, 0.717) is 24.0 Å². The smallest absolute Gasteiger partial charge is 0.160 e. The molecule has 0 aromatic heterocycles. The van der Waals surface area contributed by atoms with Gasteiger partial charge < -0.3 is 4.90 Å². The minimum absolute atomic E-state index is 0.0819. The molecule has 0 N–H and O–H groups in total. The number of halogens is 2. The molecule has 0 spiro atoms. The van der Waals surface area contributed by atoms with Gasteiger partial charge in [0.15, 0.2) is 17.4 Å². The van der Waals surface area contributed by atoms with E-state index in [-0.39, 0.29) is 11.7 Å². The zero-order valence-corrected chi connectivity index (χ0v) is 10.4. The highest BCUT2D eigenvalue weighted by Crippen LogP contribution is 2.37. The predicted molar refractivity (Wildman–Crippen MR) is 65.1 cm³/mol. The Morgan fingerprint density at radius 3 is 2.61 bits per heavy atom. The molecule has 1 aromatic rings. The normalized spacial score (nSPS) is 21.7. The number of rotatable bonds is 2. The summed E-state index contributed by atoms with van der Waals surface area (Å²) in [6.45, 7) is 0. The average molecular weight is 251 g/mol. The van der Waals surface area contributed by atoms with Crippen molar-refractivity contribution >= 4 is 5.78 Å². The van der Waals surface area contributed by atoms with E-state index >= 15 is 0 Å². The summed E-state index contributed by atoms with van der Waals surface area (Å²) >= 11 is 0. The SMILES string of the molecule is CN(C)C=C1C(=O)CCC1c1ccc(F)c(F)c1. The van der Waals surface area contributed by atoms with Crippen LogP contribution in [0.3, 0.4) is 0 Å². The second kappa shape index (κ2) is 4.88. The van der Waals surface area contributed by atoms with Gasteiger partial charge in [-0.15, -0.1) is 0 Å². The van der Waals surface area contributed by atoms with Crippen molar-refractivity contribution in [3.8, 4) is 0 Å². The Morgan fingerprint density at radius 1 is 1.28 bits per heavy atom. The monoisotopic (exact) mass is 251 g/mol. The standard InChI is InChI=1S/C14H15F2NO/c1-17(2)8-11-10(4-6-14(11)18)9-3-5-12(15)13(16)7-9/h3,5,7-8,10H,4,6H2,1-2H3. The number of Topliss-reactive ketones (excluding diaryl/α,β-unsaturated/α-hetero) is 1. The van der Waals surface area contributed by atoms with Crippen molar-refractivity contribution < 1.29 is 13.6 Å². The lowest BCUT2D eigenvalue weighted by Gasteiger charge is -2.14. The van der Waals surface area contributed by atoms with Crippen LogP contribution in [0.5, 0.6) is 0 Å². The van der Waals surface area contributed by atoms with E-state index in [4.69, 9.17) is 0 Å². The van der Waals surface area contributed by atoms with E-state index in [1.807, 2.05) is 14.1 Å². The van der Waals surface area contributed by atoms with Gasteiger partial charge in [-0.1, -0.05) is 6.07 Å². The fourth-order valence-corrected chi connectivity index (χ4v) is 2.29. The molecule has 0 saturated heterocycles. The van der Waals surface area contributed by atoms with Gasteiger partial charge in [-0.25, -0.2) is 8.78 Å². The second-order valence-electron chi connectivity index (χ2n) is 4.74. The van der Waals surface area contributed by atoms with E-state index in [1.165, 1.54) is 6.07 Å². The van der Waals surface area contributed by atoms with E-state index in [1.54, 1.807) is 17.2 Å². The van der Waals surface area contributed by atoms with Gasteiger partial charge in [-0.05, 0) is 24.1 Å². The number of hydrogen-bond donors (Lipinski definition) is 0. The van der Waals surface area contributed by atoms with Crippen LogP contribution in [0.4, 0.5) is 8.78 Å². The molecule has 1 atom stereocenters. The minimum Gasteiger partial charge on any atom is -0.383 e. The van der Waals surface area contributed by atoms with Gasteiger partial charge in [0.25, 0.3) is 0 Å². The highest BCUT2D eigenvalue weighted by molar-refractivity contribution is 5.99. The van der Waals surface area contributed by atoms with Crippen molar-refractivity contribution in [1.29, 1.82) is 0 Å². The summed E-state index contributed by atoms with van der Waals surface area (Å²) in [5.41, 5.74) is 1.33. The Morgan fingerprint density at radius 2 is 2.00 bits per heavy atom. The lowest BCUT2D eigenvalue weighted by atomic mass is 9.94. The van der Waals surface area contributed by atoms with Crippen LogP contribution < -0.4 is 0 Å². The molecule has 2 nitrogen and oxygen atoms in total. The summed E-state index contributed by atoms with van der Waals surface area (Å²) in [4.78, 5) is 13.6. The molecule has 1 aliphatic rings. The Hall–Kier alpha value is -1.71. The average Bonchev–Trinajstić information content (AvgIpc) is 2.64. The minimum atomic E-state index is -0.865. The van der Waals surface area contributed by atoms with Crippen LogP contribution in [0, 0.1) is 11.6 Å². The first kappa shape index (κ1) is 12.7. The zero-order valence-electron chi connectivity index (χ0n) is 10.4. The van der Waals surface area contributed by atoms with E-state index in [2.05, 4.69) is 0 Å². The summed E-state index contributed by atoms with van der Waals surface area (Å²) in [5, 5.41) is 0. The quantitative estimate of drug-likeness (QED) is 0.753. The first-order valence-corrected chi connectivity index (χ1v) is 5.85. The van der Waals surface area contributed by atoms with Crippen molar-refractivity contribution in [2.45, 2.75) is 18.8 Å². The molecule has 18 heavy (non-hydrogen) atoms. The van der Waals surface area contributed by atoms with Crippen LogP contribution in [-0.2, 0) is 4.79 Å². The maximum absolute atomic E-state index is 13.2. The molecule has 0 amide bonds. The van der Waals surface area contributed by atoms with Crippen LogP contribution in [0.2, 0.25) is 0 Å². The van der Waals surface area contributed by atoms with Crippen LogP contribution in [-0.4, -0.2) is 24.8 Å². The molecule has 1 unspecified atom stereocenters. The Balaban J connectivity index is 2.37. The summed E-state index contributed by atoms with van der Waals surface area (Å²) in [6.07, 6.45) is 2.88. The number of benzene rings is 1. The molecular formula is C14H15F2NO. The van der Waals surface area contributed by atoms with E-state index < -0.39 is 11.6 Å². The molecule has 1 saturated carbocycles. The Kier molecular flexibility index (Phi) is 3.45. The Labute approximate surface area is 105 Å². The third kappa shape index (κ3) is 2.42. The number of nitrogens with zero attached hydrogens (tertiary/aromatic N) is 1. The lowest BCUT2D eigenvalue weighted by molar-refractivity contribution is -0.114. The van der Waals surface area contributed by atoms with Gasteiger partial charge in [0.2, 0.25) is 0 Å². The van der Waals surface area contributed by atoms with E-state index in [0.717, 1.165) is 6.07 Å². The maximum Gasteiger partial charge on any atom is 0.160 e. The highest BCUT2D eigenvalue weighted by Gasteiger charge is 2.30. The molecule has 1 aromatic carbocycles. The number of ketones is 1. The molecule has 0 heterocycles. The molecule has 1 fully saturated rings. The highest BCUT2D eigenvalue weighted by atomic mass is 19.2. The van der Waals surface area contributed by atoms with Crippen LogP contribution >= 0.6 is 0 Å². The molecule has 2 rings (SSSR count). The molecule has 96 valence electrons. The fourth-order valence-electron chi connectivity index (χ4n) is 2.29. The van der Waals surface area contributed by atoms with Gasteiger partial charge in [-0.2, -0.15) is 0 Å². The molecule has 0 aliphatic heterocycles. The van der Waals surface area contributed by atoms with Crippen molar-refractivity contribution in [3.63, 3.8) is 0 Å². The summed E-state index contributed by atoms with van der Waals surface area (Å²) in [5.74, 6) is -1.77. The first-order valence-electron chi connectivity index (χ1n) is 5.85. The predicted octanol–water partition coefficient (Wildman–Crippen LogP) is 2.86. The third-order valence-electron chi connectivity index (χ3n) is 3.10. The number of carbonyl (C=O) groups excluding carboxylic acids is 1. The molecular weight excluding hydrogens is 236 g/mol. The van der Waals surface area contributed by atoms with Crippen LogP contribution in [0.1, 0.15) is 24.3 Å². The van der Waals surface area contributed by atoms with Crippen molar-refractivity contribution in [2.75, 3.05) is 14.1 Å². The van der Waals surface area contributed by atoms with Crippen LogP contribution in [0.25, 0.3) is 0 Å². The van der Waals surface area contributed by atoms with Crippen LogP contribution in [0.15, 0.2) is 30.0 Å². The van der Waals surface area contributed by atoms with Gasteiger partial charge >= 0.3 is 0 Å². The van der Waals surface area contributed by atoms with Gasteiger partial charge in [0.1, 0.15) is 0 Å². The number of hydrogen-bond acceptors (Lipinski definition) is 2. The largest absolute Gasteiger partial charge is 0.383 e. The van der Waals surface area contributed by atoms with Gasteiger partial charge in [0.05, 0.1) is 0 Å². The molecule has 0 bridgehead atoms. The van der Waals surface area contributed by atoms with Gasteiger partial charge in [-0.3, -0.25) is 4.79 Å². The van der Waals surface area contributed by atoms with Gasteiger partial charge in [0, 0.05) is 38.2 Å². The van der Waals surface area contributed by atoms with Crippen molar-refractivity contribution in [1.82, 2.24) is 4.90 Å². The fraction of sp³-hybridized carbons (Fsp3) is 0.357. The summed E-state index contributed by atoms with van der Waals surface area (Å²) in [7, 11) is 3.67. The first-order chi connectivity index (χ1) is 8.49. The molecule has 1 aliphatic carbocycles. The topological polar surface area (TPSA) is 20.3 Å². The molecule has 4 heteroatoms.